The van der Waals surface area contributed by atoms with E-state index in [2.05, 4.69) is 9.80 Å². The van der Waals surface area contributed by atoms with Crippen molar-refractivity contribution in [3.8, 4) is 0 Å². The van der Waals surface area contributed by atoms with Crippen LogP contribution in [0, 0.1) is 0 Å². The van der Waals surface area contributed by atoms with Crippen LogP contribution in [0.4, 0.5) is 11.6 Å². The average molecular weight is 615 g/mol. The number of hydrogen-bond acceptors (Lipinski definition) is 8. The van der Waals surface area contributed by atoms with Crippen molar-refractivity contribution in [1.82, 2.24) is 23.8 Å². The van der Waals surface area contributed by atoms with Crippen LogP contribution < -0.4 is 15.5 Å². The van der Waals surface area contributed by atoms with Gasteiger partial charge in [0.25, 0.3) is 0 Å². The molecule has 11 nitrogen and oxygen atoms in total. The van der Waals surface area contributed by atoms with E-state index in [0.29, 0.717) is 36.5 Å². The van der Waals surface area contributed by atoms with Crippen molar-refractivity contribution in [2.45, 2.75) is 56.7 Å². The van der Waals surface area contributed by atoms with Crippen molar-refractivity contribution in [2.24, 2.45) is 5.73 Å². The third kappa shape index (κ3) is 5.01. The highest BCUT2D eigenvalue weighted by atomic mass is 35.5. The SMILES string of the molecule is CN1CCCCS(=O)(=O)N(C)C(C)(c2ccc(Cl)cc2)C(=O)N2CCCCC2c2cc3nc(N4CC(N)C4)cc1n3n2. The predicted molar refractivity (Wildman–Crippen MR) is 164 cm³/mol. The van der Waals surface area contributed by atoms with Crippen molar-refractivity contribution in [3.05, 3.63) is 52.7 Å². The molecule has 3 aliphatic heterocycles. The van der Waals surface area contributed by atoms with Gasteiger partial charge >= 0.3 is 0 Å². The molecule has 2 fully saturated rings. The molecule has 3 aliphatic rings. The fourth-order valence-electron chi connectivity index (χ4n) is 6.40. The lowest BCUT2D eigenvalue weighted by molar-refractivity contribution is -0.145. The maximum absolute atomic E-state index is 14.7. The fourth-order valence-corrected chi connectivity index (χ4v) is 8.11. The molecule has 13 heteroatoms. The summed E-state index contributed by atoms with van der Waals surface area (Å²) in [5.41, 5.74) is 6.65. The lowest BCUT2D eigenvalue weighted by atomic mass is 9.88. The molecular formula is C29H39ClN8O3S. The molecule has 0 spiro atoms. The molecule has 226 valence electrons. The average Bonchev–Trinajstić information content (AvgIpc) is 3.40. The summed E-state index contributed by atoms with van der Waals surface area (Å²) in [5.74, 6) is 1.38. The number of nitrogens with two attached hydrogens (primary N) is 1. The van der Waals surface area contributed by atoms with E-state index in [1.165, 1.54) is 11.4 Å². The van der Waals surface area contributed by atoms with E-state index < -0.39 is 15.6 Å². The Bertz CT molecular complexity index is 1590. The van der Waals surface area contributed by atoms with Crippen molar-refractivity contribution >= 4 is 44.8 Å². The Balaban J connectivity index is 1.50. The Morgan fingerprint density at radius 1 is 1.02 bits per heavy atom. The zero-order valence-electron chi connectivity index (χ0n) is 24.4. The van der Waals surface area contributed by atoms with Gasteiger partial charge in [-0.3, -0.25) is 4.79 Å². The minimum atomic E-state index is -3.79. The maximum Gasteiger partial charge on any atom is 0.248 e. The van der Waals surface area contributed by atoms with Crippen molar-refractivity contribution in [2.75, 3.05) is 55.8 Å². The number of aromatic nitrogens is 3. The van der Waals surface area contributed by atoms with Crippen molar-refractivity contribution in [3.63, 3.8) is 0 Å². The van der Waals surface area contributed by atoms with Gasteiger partial charge in [-0.05, 0) is 56.7 Å². The van der Waals surface area contributed by atoms with E-state index in [9.17, 15) is 13.2 Å². The van der Waals surface area contributed by atoms with Crippen LogP contribution >= 0.6 is 11.6 Å². The molecule has 3 aromatic rings. The van der Waals surface area contributed by atoms with Crippen LogP contribution in [0.2, 0.25) is 5.02 Å². The highest BCUT2D eigenvalue weighted by Crippen LogP contribution is 2.39. The van der Waals surface area contributed by atoms with E-state index in [1.54, 1.807) is 31.2 Å². The molecule has 0 radical (unpaired) electrons. The van der Waals surface area contributed by atoms with Gasteiger partial charge < -0.3 is 20.4 Å². The summed E-state index contributed by atoms with van der Waals surface area (Å²) in [6.45, 7) is 4.34. The summed E-state index contributed by atoms with van der Waals surface area (Å²) in [6, 6.07) is 10.7. The summed E-state index contributed by atoms with van der Waals surface area (Å²) in [4.78, 5) is 25.8. The Hall–Kier alpha value is -2.93. The first-order valence-corrected chi connectivity index (χ1v) is 16.6. The molecule has 42 heavy (non-hydrogen) atoms. The zero-order chi connectivity index (χ0) is 29.8. The van der Waals surface area contributed by atoms with Gasteiger partial charge in [0.1, 0.15) is 17.2 Å². The van der Waals surface area contributed by atoms with Crippen LogP contribution in [0.15, 0.2) is 36.4 Å². The minimum Gasteiger partial charge on any atom is -0.359 e. The lowest BCUT2D eigenvalue weighted by Crippen LogP contribution is -2.57. The standard InChI is InChI=1S/C29H39ClN8O3S/c1-29(20-9-11-21(30)12-10-20)28(39)37-14-5-4-8-24(37)23-16-26-32-25(36-18-22(31)19-36)17-27(38(26)33-23)34(2)13-6-7-15-42(40,41)35(29)3/h9-12,16-17,22,24H,4-8,13-15,18-19,31H2,1-3H3. The number of hydrogen-bond donors (Lipinski definition) is 1. The zero-order valence-corrected chi connectivity index (χ0v) is 26.0. The van der Waals surface area contributed by atoms with E-state index in [0.717, 1.165) is 55.3 Å². The quantitative estimate of drug-likeness (QED) is 0.468. The Labute approximate surface area is 252 Å². The molecule has 2 aromatic heterocycles. The number of amides is 1. The predicted octanol–water partition coefficient (Wildman–Crippen LogP) is 2.99. The van der Waals surface area contributed by atoms with Gasteiger partial charge in [-0.15, -0.1) is 0 Å². The van der Waals surface area contributed by atoms with E-state index in [-0.39, 0.29) is 23.7 Å². The Morgan fingerprint density at radius 3 is 2.45 bits per heavy atom. The fraction of sp³-hybridized carbons (Fsp3) is 0.552. The first kappa shape index (κ1) is 29.2. The summed E-state index contributed by atoms with van der Waals surface area (Å²) in [6.07, 6.45) is 3.58. The van der Waals surface area contributed by atoms with E-state index in [1.807, 2.05) is 28.6 Å². The van der Waals surface area contributed by atoms with Crippen LogP contribution in [-0.2, 0) is 20.4 Å². The molecule has 2 unspecified atom stereocenters. The number of benzene rings is 1. The molecule has 6 rings (SSSR count). The first-order chi connectivity index (χ1) is 20.0. The molecule has 2 bridgehead atoms. The molecule has 0 saturated carbocycles. The molecule has 2 N–H and O–H groups in total. The van der Waals surface area contributed by atoms with Gasteiger partial charge in [0.2, 0.25) is 15.9 Å². The molecule has 1 amide bonds. The van der Waals surface area contributed by atoms with Gasteiger partial charge in [-0.2, -0.15) is 13.9 Å². The molecule has 2 atom stereocenters. The highest BCUT2D eigenvalue weighted by Gasteiger charge is 2.49. The summed E-state index contributed by atoms with van der Waals surface area (Å²) < 4.78 is 30.7. The second kappa shape index (κ2) is 11.0. The topological polar surface area (TPSA) is 120 Å². The van der Waals surface area contributed by atoms with Crippen LogP contribution in [0.1, 0.15) is 56.3 Å². The lowest BCUT2D eigenvalue weighted by Gasteiger charge is -2.44. The van der Waals surface area contributed by atoms with E-state index in [4.69, 9.17) is 27.4 Å². The number of fused-ring (bicyclic) bond motifs is 3. The number of rotatable bonds is 2. The number of carbonyl (C=O) groups excluding carboxylic acids is 1. The Kier molecular flexibility index (Phi) is 7.61. The largest absolute Gasteiger partial charge is 0.359 e. The molecule has 0 aliphatic carbocycles. The number of piperidine rings is 1. The summed E-state index contributed by atoms with van der Waals surface area (Å²) in [7, 11) is -0.274. The third-order valence-electron chi connectivity index (χ3n) is 9.16. The number of nitrogens with zero attached hydrogens (tertiary/aromatic N) is 7. The van der Waals surface area contributed by atoms with Gasteiger partial charge in [0.05, 0.1) is 17.5 Å². The molecule has 2 saturated heterocycles. The normalized spacial score (nSPS) is 26.2. The van der Waals surface area contributed by atoms with Crippen molar-refractivity contribution in [1.29, 1.82) is 0 Å². The number of anilines is 2. The van der Waals surface area contributed by atoms with Crippen LogP contribution in [0.5, 0.6) is 0 Å². The van der Waals surface area contributed by atoms with Gasteiger partial charge in [-0.25, -0.2) is 13.4 Å². The second-order valence-electron chi connectivity index (χ2n) is 12.0. The van der Waals surface area contributed by atoms with Crippen LogP contribution in [-0.4, -0.2) is 90.2 Å². The number of carbonyl (C=O) groups is 1. The number of sulfonamides is 1. The summed E-state index contributed by atoms with van der Waals surface area (Å²) >= 11 is 6.20. The van der Waals surface area contributed by atoms with Crippen molar-refractivity contribution < 1.29 is 13.2 Å². The Morgan fingerprint density at radius 2 is 1.74 bits per heavy atom. The highest BCUT2D eigenvalue weighted by molar-refractivity contribution is 7.89. The van der Waals surface area contributed by atoms with Gasteiger partial charge in [0.15, 0.2) is 5.65 Å². The monoisotopic (exact) mass is 614 g/mol. The van der Waals surface area contributed by atoms with Gasteiger partial charge in [0, 0.05) is 63.5 Å². The number of halogens is 1. The third-order valence-corrected chi connectivity index (χ3v) is 11.4. The molecular weight excluding hydrogens is 576 g/mol. The number of likely N-dealkylation sites (N-methyl/N-ethyl adjacent to an activating group) is 1. The van der Waals surface area contributed by atoms with Crippen LogP contribution in [0.3, 0.4) is 0 Å². The maximum atomic E-state index is 14.7. The summed E-state index contributed by atoms with van der Waals surface area (Å²) in [5, 5.41) is 5.56. The smallest absolute Gasteiger partial charge is 0.248 e. The first-order valence-electron chi connectivity index (χ1n) is 14.7. The van der Waals surface area contributed by atoms with Crippen LogP contribution in [0.25, 0.3) is 5.65 Å². The van der Waals surface area contributed by atoms with E-state index >= 15 is 0 Å². The molecule has 5 heterocycles. The second-order valence-corrected chi connectivity index (χ2v) is 14.5. The minimum absolute atomic E-state index is 0.0642. The molecule has 1 aromatic carbocycles. The van der Waals surface area contributed by atoms with Gasteiger partial charge in [-0.1, -0.05) is 23.7 Å².